The van der Waals surface area contributed by atoms with Crippen LogP contribution in [0.15, 0.2) is 46.9 Å². The highest BCUT2D eigenvalue weighted by atomic mass is 79.9. The van der Waals surface area contributed by atoms with Crippen LogP contribution in [0.1, 0.15) is 27.9 Å². The fourth-order valence-electron chi connectivity index (χ4n) is 2.85. The molecule has 0 spiro atoms. The summed E-state index contributed by atoms with van der Waals surface area (Å²) in [7, 11) is 0. The van der Waals surface area contributed by atoms with Crippen molar-refractivity contribution in [2.24, 2.45) is 0 Å². The number of carbonyl (C=O) groups excluding carboxylic acids is 2. The Kier molecular flexibility index (Phi) is 4.71. The van der Waals surface area contributed by atoms with E-state index in [4.69, 9.17) is 0 Å². The highest BCUT2D eigenvalue weighted by Crippen LogP contribution is 2.24. The van der Waals surface area contributed by atoms with E-state index in [0.29, 0.717) is 18.5 Å². The lowest BCUT2D eigenvalue weighted by atomic mass is 10.1. The number of halogens is 1. The van der Waals surface area contributed by atoms with Crippen molar-refractivity contribution < 1.29 is 9.59 Å². The first-order chi connectivity index (χ1) is 11.5. The molecule has 0 aromatic heterocycles. The summed E-state index contributed by atoms with van der Waals surface area (Å²) in [6, 6.07) is 12.7. The molecule has 2 amide bonds. The molecule has 0 aliphatic carbocycles. The maximum atomic E-state index is 12.7. The highest BCUT2D eigenvalue weighted by molar-refractivity contribution is 9.10. The van der Waals surface area contributed by atoms with Crippen molar-refractivity contribution in [2.75, 3.05) is 11.4 Å². The second kappa shape index (κ2) is 6.77. The minimum absolute atomic E-state index is 0.0568. The lowest BCUT2D eigenvalue weighted by Crippen LogP contribution is -2.41. The molecular weight excluding hydrogens is 368 g/mol. The van der Waals surface area contributed by atoms with Gasteiger partial charge in [-0.15, -0.1) is 0 Å². The predicted molar refractivity (Wildman–Crippen MR) is 98.3 cm³/mol. The number of amides is 2. The van der Waals surface area contributed by atoms with E-state index >= 15 is 0 Å². The van der Waals surface area contributed by atoms with E-state index < -0.39 is 6.04 Å². The summed E-state index contributed by atoms with van der Waals surface area (Å²) in [5.41, 5.74) is 3.78. The van der Waals surface area contributed by atoms with Gasteiger partial charge in [-0.25, -0.2) is 0 Å². The monoisotopic (exact) mass is 386 g/mol. The number of nitrogens with zero attached hydrogens (tertiary/aromatic N) is 1. The third-order valence-electron chi connectivity index (χ3n) is 4.43. The molecule has 24 heavy (non-hydrogen) atoms. The first-order valence-electron chi connectivity index (χ1n) is 7.91. The van der Waals surface area contributed by atoms with Crippen molar-refractivity contribution in [1.29, 1.82) is 0 Å². The van der Waals surface area contributed by atoms with Crippen LogP contribution in [0.25, 0.3) is 0 Å². The number of hydrogen-bond donors (Lipinski definition) is 1. The molecular formula is C19H19BrN2O2. The second-order valence-corrected chi connectivity index (χ2v) is 6.91. The van der Waals surface area contributed by atoms with Gasteiger partial charge >= 0.3 is 0 Å². The first-order valence-corrected chi connectivity index (χ1v) is 8.70. The van der Waals surface area contributed by atoms with Crippen LogP contribution in [0, 0.1) is 13.8 Å². The van der Waals surface area contributed by atoms with Gasteiger partial charge in [0.05, 0.1) is 5.56 Å². The van der Waals surface area contributed by atoms with Crippen LogP contribution < -0.4 is 10.2 Å². The van der Waals surface area contributed by atoms with E-state index in [1.165, 1.54) is 5.56 Å². The zero-order chi connectivity index (χ0) is 17.3. The van der Waals surface area contributed by atoms with Gasteiger partial charge in [0.2, 0.25) is 5.91 Å². The van der Waals surface area contributed by atoms with E-state index in [-0.39, 0.29) is 11.8 Å². The Balaban J connectivity index is 1.73. The van der Waals surface area contributed by atoms with Gasteiger partial charge in [0.1, 0.15) is 6.04 Å². The molecule has 1 aliphatic rings. The normalized spacial score (nSPS) is 17.2. The Morgan fingerprint density at radius 1 is 1.17 bits per heavy atom. The topological polar surface area (TPSA) is 49.4 Å². The molecule has 4 nitrogen and oxygen atoms in total. The average molecular weight is 387 g/mol. The third-order valence-corrected chi connectivity index (χ3v) is 5.12. The van der Waals surface area contributed by atoms with Crippen LogP contribution in [0.2, 0.25) is 0 Å². The summed E-state index contributed by atoms with van der Waals surface area (Å²) in [6.45, 7) is 4.69. The van der Waals surface area contributed by atoms with E-state index in [1.807, 2.05) is 44.2 Å². The molecule has 0 unspecified atom stereocenters. The van der Waals surface area contributed by atoms with Gasteiger partial charge in [-0.05, 0) is 71.6 Å². The third kappa shape index (κ3) is 3.22. The van der Waals surface area contributed by atoms with Crippen LogP contribution in [0.3, 0.4) is 0 Å². The first kappa shape index (κ1) is 16.7. The Labute approximate surface area is 150 Å². The highest BCUT2D eigenvalue weighted by Gasteiger charge is 2.34. The summed E-state index contributed by atoms with van der Waals surface area (Å²) in [6.07, 6.45) is 0.613. The maximum absolute atomic E-state index is 12.7. The largest absolute Gasteiger partial charge is 0.340 e. The predicted octanol–water partition coefficient (Wildman–Crippen LogP) is 3.60. The molecule has 5 heteroatoms. The molecule has 1 N–H and O–H groups in total. The van der Waals surface area contributed by atoms with Crippen LogP contribution in [0.4, 0.5) is 5.69 Å². The van der Waals surface area contributed by atoms with Crippen LogP contribution in [0.5, 0.6) is 0 Å². The van der Waals surface area contributed by atoms with Gasteiger partial charge < -0.3 is 10.2 Å². The van der Waals surface area contributed by atoms with Crippen molar-refractivity contribution in [3.8, 4) is 0 Å². The fourth-order valence-corrected chi connectivity index (χ4v) is 3.31. The summed E-state index contributed by atoms with van der Waals surface area (Å²) in [5, 5.41) is 2.85. The minimum Gasteiger partial charge on any atom is -0.340 e. The van der Waals surface area contributed by atoms with Crippen molar-refractivity contribution >= 4 is 33.4 Å². The molecule has 1 saturated heterocycles. The quantitative estimate of drug-likeness (QED) is 0.875. The maximum Gasteiger partial charge on any atom is 0.253 e. The number of hydrogen-bond acceptors (Lipinski definition) is 2. The fraction of sp³-hybridized carbons (Fsp3) is 0.263. The van der Waals surface area contributed by atoms with Crippen LogP contribution in [-0.4, -0.2) is 24.4 Å². The molecule has 0 radical (unpaired) electrons. The summed E-state index contributed by atoms with van der Waals surface area (Å²) in [4.78, 5) is 26.8. The van der Waals surface area contributed by atoms with Gasteiger partial charge in [0.15, 0.2) is 0 Å². The molecule has 2 aromatic carbocycles. The smallest absolute Gasteiger partial charge is 0.253 e. The minimum atomic E-state index is -0.480. The molecule has 0 bridgehead atoms. The van der Waals surface area contributed by atoms with Gasteiger partial charge in [-0.1, -0.05) is 18.2 Å². The summed E-state index contributed by atoms with van der Waals surface area (Å²) >= 11 is 3.37. The standard InChI is InChI=1S/C19H19BrN2O2/c1-12-7-8-14(11-13(12)2)22-10-9-17(19(22)24)21-18(23)15-5-3-4-6-16(15)20/h3-8,11,17H,9-10H2,1-2H3,(H,21,23)/t17-/m0/s1. The van der Waals surface area contributed by atoms with Crippen molar-refractivity contribution in [2.45, 2.75) is 26.3 Å². The summed E-state index contributed by atoms with van der Waals surface area (Å²) in [5.74, 6) is -0.290. The molecule has 1 heterocycles. The molecule has 3 rings (SSSR count). The summed E-state index contributed by atoms with van der Waals surface area (Å²) < 4.78 is 0.721. The number of carbonyl (C=O) groups is 2. The molecule has 1 atom stereocenters. The van der Waals surface area contributed by atoms with E-state index in [0.717, 1.165) is 15.7 Å². The molecule has 2 aromatic rings. The average Bonchev–Trinajstić information content (AvgIpc) is 2.91. The van der Waals surface area contributed by atoms with E-state index in [9.17, 15) is 9.59 Å². The molecule has 1 aliphatic heterocycles. The number of anilines is 1. The van der Waals surface area contributed by atoms with Gasteiger partial charge in [-0.3, -0.25) is 9.59 Å². The van der Waals surface area contributed by atoms with Crippen molar-refractivity contribution in [3.05, 3.63) is 63.6 Å². The van der Waals surface area contributed by atoms with Crippen molar-refractivity contribution in [3.63, 3.8) is 0 Å². The van der Waals surface area contributed by atoms with Gasteiger partial charge in [0, 0.05) is 16.7 Å². The number of benzene rings is 2. The zero-order valence-corrected chi connectivity index (χ0v) is 15.3. The Hall–Kier alpha value is -2.14. The second-order valence-electron chi connectivity index (χ2n) is 6.05. The lowest BCUT2D eigenvalue weighted by molar-refractivity contribution is -0.118. The Morgan fingerprint density at radius 3 is 2.62 bits per heavy atom. The van der Waals surface area contributed by atoms with Crippen molar-refractivity contribution in [1.82, 2.24) is 5.32 Å². The lowest BCUT2D eigenvalue weighted by Gasteiger charge is -2.18. The molecule has 1 fully saturated rings. The number of nitrogens with one attached hydrogen (secondary N) is 1. The zero-order valence-electron chi connectivity index (χ0n) is 13.7. The van der Waals surface area contributed by atoms with Crippen LogP contribution in [-0.2, 0) is 4.79 Å². The number of aryl methyl sites for hydroxylation is 2. The van der Waals surface area contributed by atoms with Gasteiger partial charge in [-0.2, -0.15) is 0 Å². The number of rotatable bonds is 3. The van der Waals surface area contributed by atoms with E-state index in [2.05, 4.69) is 21.2 Å². The van der Waals surface area contributed by atoms with Gasteiger partial charge in [0.25, 0.3) is 5.91 Å². The van der Waals surface area contributed by atoms with E-state index in [1.54, 1.807) is 17.0 Å². The molecule has 124 valence electrons. The Morgan fingerprint density at radius 2 is 1.92 bits per heavy atom. The Bertz CT molecular complexity index is 804. The van der Waals surface area contributed by atoms with Crippen LogP contribution >= 0.6 is 15.9 Å². The molecule has 0 saturated carbocycles. The SMILES string of the molecule is Cc1ccc(N2CC[C@H](NC(=O)c3ccccc3Br)C2=O)cc1C.